The summed E-state index contributed by atoms with van der Waals surface area (Å²) in [7, 11) is 0. The second-order valence-corrected chi connectivity index (χ2v) is 9.71. The Kier molecular flexibility index (Phi) is 6.46. The summed E-state index contributed by atoms with van der Waals surface area (Å²) in [6, 6.07) is 23.2. The second-order valence-electron chi connectivity index (χ2n) is 8.89. The van der Waals surface area contributed by atoms with Crippen molar-refractivity contribution >= 4 is 40.4 Å². The van der Waals surface area contributed by atoms with Crippen molar-refractivity contribution in [3.05, 3.63) is 127 Å². The van der Waals surface area contributed by atoms with Crippen LogP contribution in [0.2, 0.25) is 10.0 Å². The number of halogens is 2. The van der Waals surface area contributed by atoms with E-state index in [-0.39, 0.29) is 40.2 Å². The van der Waals surface area contributed by atoms with E-state index in [1.165, 1.54) is 12.1 Å². The standard InChI is InChI=1S/C28H20Cl2N4O3/c29-21-9-5-4-8-19(21)26-20(15-31)28(32)33(18-10-11-22(30)23(14-18)34(36)37)24-12-17(13-25(35)27(24)26)16-6-2-1-3-7-16/h1-11,14,17,26H,12-13,32H2/t17-,26-/m1/s1. The topological polar surface area (TPSA) is 113 Å². The fourth-order valence-corrected chi connectivity index (χ4v) is 5.62. The monoisotopic (exact) mass is 530 g/mol. The highest BCUT2D eigenvalue weighted by molar-refractivity contribution is 6.32. The molecular formula is C28H20Cl2N4O3. The Labute approximate surface area is 223 Å². The molecule has 0 amide bonds. The number of anilines is 1. The zero-order chi connectivity index (χ0) is 26.3. The van der Waals surface area contributed by atoms with Gasteiger partial charge in [0.2, 0.25) is 0 Å². The van der Waals surface area contributed by atoms with Gasteiger partial charge in [0.05, 0.1) is 28.2 Å². The zero-order valence-electron chi connectivity index (χ0n) is 19.4. The van der Waals surface area contributed by atoms with Crippen LogP contribution in [0.15, 0.2) is 95.5 Å². The molecule has 0 spiro atoms. The van der Waals surface area contributed by atoms with Gasteiger partial charge in [0, 0.05) is 28.8 Å². The van der Waals surface area contributed by atoms with Crippen molar-refractivity contribution in [2.24, 2.45) is 5.73 Å². The molecule has 9 heteroatoms. The molecular weight excluding hydrogens is 511 g/mol. The van der Waals surface area contributed by atoms with Gasteiger partial charge in [-0.1, -0.05) is 71.7 Å². The molecule has 2 N–H and O–H groups in total. The van der Waals surface area contributed by atoms with E-state index in [2.05, 4.69) is 6.07 Å². The summed E-state index contributed by atoms with van der Waals surface area (Å²) in [4.78, 5) is 26.5. The largest absolute Gasteiger partial charge is 0.384 e. The molecule has 0 unspecified atom stereocenters. The molecule has 184 valence electrons. The number of Topliss-reactive ketones (excluding diaryl/α,β-unsaturated/α-hetero) is 1. The Hall–Kier alpha value is -4.12. The van der Waals surface area contributed by atoms with Gasteiger partial charge in [0.1, 0.15) is 10.8 Å². The van der Waals surface area contributed by atoms with Crippen molar-refractivity contribution in [1.82, 2.24) is 0 Å². The molecule has 5 rings (SSSR count). The fourth-order valence-electron chi connectivity index (χ4n) is 5.19. The minimum absolute atomic E-state index is 0.0288. The molecule has 0 bridgehead atoms. The maximum Gasteiger partial charge on any atom is 0.289 e. The molecule has 1 heterocycles. The van der Waals surface area contributed by atoms with E-state index in [1.807, 2.05) is 30.3 Å². The Morgan fingerprint density at radius 1 is 1.00 bits per heavy atom. The Morgan fingerprint density at radius 2 is 1.70 bits per heavy atom. The lowest BCUT2D eigenvalue weighted by Gasteiger charge is -2.41. The first-order valence-corrected chi connectivity index (χ1v) is 12.3. The van der Waals surface area contributed by atoms with Crippen LogP contribution in [0.3, 0.4) is 0 Å². The fraction of sp³-hybridized carbons (Fsp3) is 0.143. The van der Waals surface area contributed by atoms with Gasteiger partial charge in [-0.25, -0.2) is 0 Å². The average molecular weight is 531 g/mol. The second kappa shape index (κ2) is 9.74. The van der Waals surface area contributed by atoms with Crippen molar-refractivity contribution in [3.63, 3.8) is 0 Å². The molecule has 0 aromatic heterocycles. The number of nitro benzene ring substituents is 1. The number of hydrogen-bond donors (Lipinski definition) is 1. The number of hydrogen-bond acceptors (Lipinski definition) is 6. The van der Waals surface area contributed by atoms with E-state index in [9.17, 15) is 20.2 Å². The van der Waals surface area contributed by atoms with E-state index in [0.717, 1.165) is 5.56 Å². The minimum Gasteiger partial charge on any atom is -0.384 e. The Balaban J connectivity index is 1.77. The Bertz CT molecular complexity index is 1540. The van der Waals surface area contributed by atoms with Gasteiger partial charge in [-0.15, -0.1) is 0 Å². The summed E-state index contributed by atoms with van der Waals surface area (Å²) in [5.41, 5.74) is 9.42. The van der Waals surface area contributed by atoms with Crippen molar-refractivity contribution in [3.8, 4) is 6.07 Å². The number of benzene rings is 3. The highest BCUT2D eigenvalue weighted by Gasteiger charge is 2.43. The third-order valence-electron chi connectivity index (χ3n) is 6.84. The summed E-state index contributed by atoms with van der Waals surface area (Å²) in [5, 5.41) is 22.2. The van der Waals surface area contributed by atoms with Crippen molar-refractivity contribution in [1.29, 1.82) is 5.26 Å². The number of nitriles is 1. The lowest BCUT2D eigenvalue weighted by Crippen LogP contribution is -2.40. The summed E-state index contributed by atoms with van der Waals surface area (Å²) < 4.78 is 0. The van der Waals surface area contributed by atoms with E-state index in [0.29, 0.717) is 34.0 Å². The van der Waals surface area contributed by atoms with Crippen molar-refractivity contribution < 1.29 is 9.72 Å². The van der Waals surface area contributed by atoms with Crippen LogP contribution in [0, 0.1) is 21.4 Å². The van der Waals surface area contributed by atoms with E-state index >= 15 is 0 Å². The van der Waals surface area contributed by atoms with Crippen LogP contribution in [-0.2, 0) is 4.79 Å². The minimum atomic E-state index is -0.753. The molecule has 7 nitrogen and oxygen atoms in total. The number of allylic oxidation sites excluding steroid dienone is 3. The summed E-state index contributed by atoms with van der Waals surface area (Å²) in [6.07, 6.45) is 0.679. The molecule has 37 heavy (non-hydrogen) atoms. The summed E-state index contributed by atoms with van der Waals surface area (Å²) >= 11 is 12.6. The predicted molar refractivity (Wildman–Crippen MR) is 142 cm³/mol. The third-order valence-corrected chi connectivity index (χ3v) is 7.50. The number of nitro groups is 1. The highest BCUT2D eigenvalue weighted by Crippen LogP contribution is 2.50. The maximum absolute atomic E-state index is 13.9. The maximum atomic E-state index is 13.9. The van der Waals surface area contributed by atoms with Gasteiger partial charge in [0.25, 0.3) is 5.69 Å². The summed E-state index contributed by atoms with van der Waals surface area (Å²) in [5.74, 6) is -0.935. The van der Waals surface area contributed by atoms with Crippen LogP contribution in [-0.4, -0.2) is 10.7 Å². The molecule has 0 radical (unpaired) electrons. The first kappa shape index (κ1) is 24.6. The number of nitrogens with two attached hydrogens (primary N) is 1. The molecule has 0 saturated heterocycles. The highest BCUT2D eigenvalue weighted by atomic mass is 35.5. The van der Waals surface area contributed by atoms with Crippen molar-refractivity contribution in [2.75, 3.05) is 4.90 Å². The van der Waals surface area contributed by atoms with Gasteiger partial charge in [-0.3, -0.25) is 19.8 Å². The normalized spacial score (nSPS) is 19.5. The number of nitrogens with zero attached hydrogens (tertiary/aromatic N) is 3. The zero-order valence-corrected chi connectivity index (χ0v) is 20.9. The van der Waals surface area contributed by atoms with Gasteiger partial charge in [0.15, 0.2) is 5.78 Å². The molecule has 0 fully saturated rings. The first-order chi connectivity index (χ1) is 17.8. The molecule has 2 atom stereocenters. The van der Waals surface area contributed by atoms with Gasteiger partial charge in [-0.05, 0) is 41.7 Å². The molecule has 3 aromatic carbocycles. The van der Waals surface area contributed by atoms with Crippen LogP contribution in [0.25, 0.3) is 0 Å². The molecule has 3 aromatic rings. The molecule has 1 aliphatic heterocycles. The molecule has 0 saturated carbocycles. The van der Waals surface area contributed by atoms with Crippen LogP contribution in [0.4, 0.5) is 11.4 Å². The predicted octanol–water partition coefficient (Wildman–Crippen LogP) is 6.60. The lowest BCUT2D eigenvalue weighted by molar-refractivity contribution is -0.384. The van der Waals surface area contributed by atoms with Crippen LogP contribution in [0.5, 0.6) is 0 Å². The SMILES string of the molecule is N#CC1=C(N)N(c2ccc(Cl)c([N+](=O)[O-])c2)C2=C(C(=O)C[C@H](c3ccccc3)C2)[C@@H]1c1ccccc1Cl. The first-order valence-electron chi connectivity index (χ1n) is 11.5. The average Bonchev–Trinajstić information content (AvgIpc) is 2.89. The van der Waals surface area contributed by atoms with Crippen LogP contribution >= 0.6 is 23.2 Å². The van der Waals surface area contributed by atoms with E-state index in [1.54, 1.807) is 35.2 Å². The molecule has 1 aliphatic carbocycles. The smallest absolute Gasteiger partial charge is 0.289 e. The van der Waals surface area contributed by atoms with E-state index < -0.39 is 10.8 Å². The van der Waals surface area contributed by atoms with Gasteiger partial charge in [-0.2, -0.15) is 5.26 Å². The van der Waals surface area contributed by atoms with Gasteiger partial charge < -0.3 is 5.73 Å². The Morgan fingerprint density at radius 3 is 2.38 bits per heavy atom. The molecule has 2 aliphatic rings. The van der Waals surface area contributed by atoms with E-state index in [4.69, 9.17) is 28.9 Å². The number of carbonyl (C=O) groups excluding carboxylic acids is 1. The quantitative estimate of drug-likeness (QED) is 0.300. The number of carbonyl (C=O) groups is 1. The number of ketones is 1. The summed E-state index contributed by atoms with van der Waals surface area (Å²) in [6.45, 7) is 0. The van der Waals surface area contributed by atoms with Crippen molar-refractivity contribution in [2.45, 2.75) is 24.7 Å². The van der Waals surface area contributed by atoms with Crippen LogP contribution in [0.1, 0.15) is 35.8 Å². The van der Waals surface area contributed by atoms with Crippen LogP contribution < -0.4 is 10.6 Å². The van der Waals surface area contributed by atoms with Gasteiger partial charge >= 0.3 is 0 Å². The lowest BCUT2D eigenvalue weighted by atomic mass is 9.72. The third kappa shape index (κ3) is 4.25. The number of rotatable bonds is 4.